The van der Waals surface area contributed by atoms with E-state index in [9.17, 15) is 8.42 Å². The van der Waals surface area contributed by atoms with Crippen molar-refractivity contribution in [2.45, 2.75) is 91.0 Å². The van der Waals surface area contributed by atoms with Crippen molar-refractivity contribution in [1.29, 1.82) is 0 Å². The van der Waals surface area contributed by atoms with E-state index in [1.54, 1.807) is 0 Å². The van der Waals surface area contributed by atoms with Gasteiger partial charge in [-0.2, -0.15) is 18.2 Å². The summed E-state index contributed by atoms with van der Waals surface area (Å²) in [6.45, 7) is 6.11. The average Bonchev–Trinajstić information content (AvgIpc) is 2.41. The molecular formula is C15H34NNaO3S. The van der Waals surface area contributed by atoms with Gasteiger partial charge in [0.15, 0.2) is 0 Å². The largest absolute Gasteiger partial charge is 1.00 e. The number of unbranched alkanes of at least 4 members (excludes halogenated alkanes) is 6. The molecule has 0 rings (SSSR count). The Morgan fingerprint density at radius 3 is 2.05 bits per heavy atom. The van der Waals surface area contributed by atoms with Crippen LogP contribution in [0, 0.1) is 0 Å². The number of nitrogens with one attached hydrogen (secondary N) is 1. The van der Waals surface area contributed by atoms with Crippen molar-refractivity contribution in [2.24, 2.45) is 0 Å². The number of hydrogen-bond donors (Lipinski definition) is 1. The van der Waals surface area contributed by atoms with Crippen molar-refractivity contribution in [3.05, 3.63) is 0 Å². The van der Waals surface area contributed by atoms with E-state index < -0.39 is 10.1 Å². The molecule has 0 heterocycles. The van der Waals surface area contributed by atoms with Crippen LogP contribution in [0.5, 0.6) is 0 Å². The predicted octanol–water partition coefficient (Wildman–Crippen LogP) is 1.28. The molecule has 0 aliphatic carbocycles. The smallest absolute Gasteiger partial charge is 1.00 e. The summed E-state index contributed by atoms with van der Waals surface area (Å²) in [5.74, 6) is 0.0772. The minimum Gasteiger partial charge on any atom is -1.00 e. The van der Waals surface area contributed by atoms with Gasteiger partial charge in [-0.05, 0) is 19.3 Å². The SMILES string of the molecule is CCCCCCCCCC(CC)NOS(=O)(=O)CCC.[H-].[Na+]. The van der Waals surface area contributed by atoms with E-state index in [0.717, 1.165) is 19.3 Å². The maximum atomic E-state index is 11.4. The fourth-order valence-corrected chi connectivity index (χ4v) is 2.99. The van der Waals surface area contributed by atoms with Gasteiger partial charge < -0.3 is 1.43 Å². The molecule has 4 nitrogen and oxygen atoms in total. The molecule has 0 saturated heterocycles. The van der Waals surface area contributed by atoms with Crippen LogP contribution >= 0.6 is 0 Å². The fourth-order valence-electron chi connectivity index (χ4n) is 2.13. The van der Waals surface area contributed by atoms with Crippen LogP contribution in [0.1, 0.15) is 86.4 Å². The third kappa shape index (κ3) is 15.5. The molecule has 0 aromatic heterocycles. The minimum atomic E-state index is -3.39. The van der Waals surface area contributed by atoms with E-state index in [2.05, 4.69) is 19.3 Å². The van der Waals surface area contributed by atoms with Gasteiger partial charge in [-0.25, -0.2) is 0 Å². The molecule has 124 valence electrons. The maximum absolute atomic E-state index is 11.4. The first-order chi connectivity index (χ1) is 9.55. The zero-order chi connectivity index (χ0) is 15.3. The van der Waals surface area contributed by atoms with Crippen molar-refractivity contribution in [3.8, 4) is 0 Å². The Kier molecular flexibility index (Phi) is 18.1. The van der Waals surface area contributed by atoms with E-state index in [1.807, 2.05) is 6.92 Å². The summed E-state index contributed by atoms with van der Waals surface area (Å²) < 4.78 is 27.7. The molecule has 0 bridgehead atoms. The van der Waals surface area contributed by atoms with Crippen molar-refractivity contribution in [1.82, 2.24) is 5.48 Å². The first-order valence-corrected chi connectivity index (χ1v) is 9.80. The Bertz CT molecular complexity index is 316. The molecule has 0 amide bonds. The van der Waals surface area contributed by atoms with Crippen LogP contribution in [-0.2, 0) is 14.4 Å². The van der Waals surface area contributed by atoms with E-state index in [-0.39, 0.29) is 42.8 Å². The quantitative estimate of drug-likeness (QED) is 0.296. The minimum absolute atomic E-state index is 0. The number of hydrogen-bond acceptors (Lipinski definition) is 4. The summed E-state index contributed by atoms with van der Waals surface area (Å²) in [7, 11) is -3.39. The summed E-state index contributed by atoms with van der Waals surface area (Å²) >= 11 is 0. The molecule has 0 radical (unpaired) electrons. The maximum Gasteiger partial charge on any atom is 1.00 e. The Balaban J connectivity index is -0.00000180. The van der Waals surface area contributed by atoms with Gasteiger partial charge >= 0.3 is 29.6 Å². The zero-order valence-electron chi connectivity index (χ0n) is 15.5. The molecule has 0 aromatic rings. The second-order valence-electron chi connectivity index (χ2n) is 5.48. The molecule has 1 N–H and O–H groups in total. The molecule has 1 atom stereocenters. The first kappa shape index (κ1) is 24.1. The van der Waals surface area contributed by atoms with Crippen LogP contribution in [-0.4, -0.2) is 20.2 Å². The van der Waals surface area contributed by atoms with Crippen molar-refractivity contribution in [2.75, 3.05) is 5.75 Å². The van der Waals surface area contributed by atoms with Gasteiger partial charge in [0.05, 0.1) is 5.75 Å². The van der Waals surface area contributed by atoms with Gasteiger partial charge in [-0.1, -0.05) is 65.7 Å². The van der Waals surface area contributed by atoms with Gasteiger partial charge in [0.1, 0.15) is 0 Å². The number of hydroxylamine groups is 1. The van der Waals surface area contributed by atoms with Gasteiger partial charge in [-0.3, -0.25) is 0 Å². The summed E-state index contributed by atoms with van der Waals surface area (Å²) in [4.78, 5) is 0. The van der Waals surface area contributed by atoms with E-state index in [4.69, 9.17) is 4.28 Å². The first-order valence-electron chi connectivity index (χ1n) is 8.22. The van der Waals surface area contributed by atoms with Crippen molar-refractivity contribution in [3.63, 3.8) is 0 Å². The third-order valence-electron chi connectivity index (χ3n) is 3.44. The summed E-state index contributed by atoms with van der Waals surface area (Å²) in [6, 6.07) is 0.136. The molecular weight excluding hydrogens is 297 g/mol. The van der Waals surface area contributed by atoms with Gasteiger partial charge in [0, 0.05) is 6.04 Å². The van der Waals surface area contributed by atoms with Crippen LogP contribution in [0.4, 0.5) is 0 Å². The molecule has 6 heteroatoms. The molecule has 0 aliphatic rings. The van der Waals surface area contributed by atoms with Crippen LogP contribution < -0.4 is 35.0 Å². The standard InChI is InChI=1S/C15H33NO3S.Na.H/c1-4-7-8-9-10-11-12-13-15(6-3)16-19-20(17,18)14-5-2;;/h15-16H,4-14H2,1-3H3;;/q;+1;-1. The Morgan fingerprint density at radius 2 is 1.52 bits per heavy atom. The van der Waals surface area contributed by atoms with Crippen molar-refractivity contribution < 1.29 is 43.7 Å². The molecule has 1 unspecified atom stereocenters. The van der Waals surface area contributed by atoms with Gasteiger partial charge in [0.25, 0.3) is 10.1 Å². The van der Waals surface area contributed by atoms with E-state index in [1.165, 1.54) is 38.5 Å². The van der Waals surface area contributed by atoms with Crippen molar-refractivity contribution >= 4 is 10.1 Å². The molecule has 0 saturated carbocycles. The summed E-state index contributed by atoms with van der Waals surface area (Å²) in [5, 5.41) is 0. The second-order valence-corrected chi connectivity index (χ2v) is 7.17. The summed E-state index contributed by atoms with van der Waals surface area (Å²) in [5.41, 5.74) is 2.72. The van der Waals surface area contributed by atoms with Crippen LogP contribution in [0.3, 0.4) is 0 Å². The second kappa shape index (κ2) is 15.8. The molecule has 21 heavy (non-hydrogen) atoms. The predicted molar refractivity (Wildman–Crippen MR) is 86.1 cm³/mol. The monoisotopic (exact) mass is 331 g/mol. The van der Waals surface area contributed by atoms with Crippen LogP contribution in [0.15, 0.2) is 0 Å². The normalized spacial score (nSPS) is 12.9. The van der Waals surface area contributed by atoms with Gasteiger partial charge in [-0.15, -0.1) is 0 Å². The molecule has 0 spiro atoms. The average molecular weight is 331 g/mol. The van der Waals surface area contributed by atoms with Crippen LogP contribution in [0.25, 0.3) is 0 Å². The van der Waals surface area contributed by atoms with E-state index >= 15 is 0 Å². The summed E-state index contributed by atoms with van der Waals surface area (Å²) in [6.07, 6.45) is 11.4. The molecule has 0 aliphatic heterocycles. The van der Waals surface area contributed by atoms with Gasteiger partial charge in [0.2, 0.25) is 0 Å². The Labute approximate surface area is 155 Å². The number of rotatable bonds is 14. The topological polar surface area (TPSA) is 55.4 Å². The Hall–Kier alpha value is 0.870. The molecule has 0 aromatic carbocycles. The zero-order valence-corrected chi connectivity index (χ0v) is 17.3. The third-order valence-corrected chi connectivity index (χ3v) is 4.70. The van der Waals surface area contributed by atoms with E-state index in [0.29, 0.717) is 6.42 Å². The Morgan fingerprint density at radius 1 is 0.952 bits per heavy atom. The fraction of sp³-hybridized carbons (Fsp3) is 1.00. The molecule has 0 fully saturated rings. The van der Waals surface area contributed by atoms with Crippen LogP contribution in [0.2, 0.25) is 0 Å².